The van der Waals surface area contributed by atoms with Gasteiger partial charge in [0.25, 0.3) is 0 Å². The van der Waals surface area contributed by atoms with Gasteiger partial charge in [0.15, 0.2) is 0 Å². The Morgan fingerprint density at radius 2 is 0.929 bits per heavy atom. The predicted molar refractivity (Wildman–Crippen MR) is 119 cm³/mol. The number of hydrogen-bond acceptors (Lipinski definition) is 1. The van der Waals surface area contributed by atoms with Crippen molar-refractivity contribution in [2.45, 2.75) is 26.7 Å². The molecule has 0 saturated carbocycles. The molecule has 0 aliphatic rings. The second-order valence-electron chi connectivity index (χ2n) is 6.95. The number of nitrogens with zero attached hydrogens (tertiary/aromatic N) is 1. The molecule has 0 aliphatic carbocycles. The van der Waals surface area contributed by atoms with Gasteiger partial charge in [0.1, 0.15) is 0 Å². The van der Waals surface area contributed by atoms with E-state index in [2.05, 4.69) is 105 Å². The molecule has 0 aliphatic heterocycles. The molecule has 1 heterocycles. The molecule has 1 nitrogen and oxygen atoms in total. The van der Waals surface area contributed by atoms with Gasteiger partial charge in [0, 0.05) is 16.7 Å². The molecule has 1 aromatic heterocycles. The summed E-state index contributed by atoms with van der Waals surface area (Å²) in [5.41, 5.74) is 9.79. The Hall–Kier alpha value is -3.19. The van der Waals surface area contributed by atoms with E-state index in [4.69, 9.17) is 4.98 Å². The topological polar surface area (TPSA) is 12.9 Å². The summed E-state index contributed by atoms with van der Waals surface area (Å²) in [6.45, 7) is 4.49. The molecule has 28 heavy (non-hydrogen) atoms. The second kappa shape index (κ2) is 8.22. The summed E-state index contributed by atoms with van der Waals surface area (Å²) in [7, 11) is 0. The van der Waals surface area contributed by atoms with Gasteiger partial charge in [-0.2, -0.15) is 0 Å². The molecule has 138 valence electrons. The second-order valence-corrected chi connectivity index (χ2v) is 6.95. The van der Waals surface area contributed by atoms with E-state index in [0.717, 1.165) is 29.8 Å². The first-order valence-corrected chi connectivity index (χ1v) is 10.1. The molecule has 0 unspecified atom stereocenters. The minimum atomic E-state index is 0.968. The maximum Gasteiger partial charge on any atom is 0.0790 e. The van der Waals surface area contributed by atoms with Crippen LogP contribution in [-0.2, 0) is 12.8 Å². The molecule has 0 N–H and O–H groups in total. The maximum absolute atomic E-state index is 5.27. The molecule has 0 atom stereocenters. The maximum atomic E-state index is 5.27. The minimum absolute atomic E-state index is 0.968. The van der Waals surface area contributed by atoms with E-state index in [9.17, 15) is 0 Å². The zero-order valence-electron chi connectivity index (χ0n) is 16.5. The van der Waals surface area contributed by atoms with Crippen molar-refractivity contribution in [3.8, 4) is 33.6 Å². The van der Waals surface area contributed by atoms with Gasteiger partial charge in [-0.1, -0.05) is 105 Å². The molecule has 4 aromatic rings. The number of aromatic nitrogens is 1. The van der Waals surface area contributed by atoms with Crippen molar-refractivity contribution in [3.05, 3.63) is 102 Å². The van der Waals surface area contributed by atoms with Gasteiger partial charge in [0.05, 0.1) is 11.4 Å². The van der Waals surface area contributed by atoms with Crippen molar-refractivity contribution in [1.29, 1.82) is 0 Å². The third-order valence-corrected chi connectivity index (χ3v) is 5.28. The fraction of sp³-hybridized carbons (Fsp3) is 0.148. The van der Waals surface area contributed by atoms with Crippen LogP contribution >= 0.6 is 0 Å². The lowest BCUT2D eigenvalue weighted by molar-refractivity contribution is 1.02. The molecule has 3 aromatic carbocycles. The van der Waals surface area contributed by atoms with Crippen LogP contribution < -0.4 is 0 Å². The predicted octanol–water partition coefficient (Wildman–Crippen LogP) is 7.21. The number of benzene rings is 3. The first-order chi connectivity index (χ1) is 13.8. The molecule has 0 radical (unpaired) electrons. The summed E-state index contributed by atoms with van der Waals surface area (Å²) in [6.07, 6.45) is 1.95. The van der Waals surface area contributed by atoms with E-state index in [1.165, 1.54) is 27.8 Å². The summed E-state index contributed by atoms with van der Waals surface area (Å²) in [4.78, 5) is 5.27. The van der Waals surface area contributed by atoms with Crippen molar-refractivity contribution in [3.63, 3.8) is 0 Å². The average molecular weight is 364 g/mol. The molecule has 1 heteroatoms. The van der Waals surface area contributed by atoms with Crippen LogP contribution in [0.25, 0.3) is 33.6 Å². The molecule has 0 bridgehead atoms. The van der Waals surface area contributed by atoms with E-state index in [-0.39, 0.29) is 0 Å². The van der Waals surface area contributed by atoms with Crippen LogP contribution in [0.2, 0.25) is 0 Å². The number of hydrogen-bond donors (Lipinski definition) is 0. The zero-order chi connectivity index (χ0) is 19.3. The normalized spacial score (nSPS) is 10.8. The van der Waals surface area contributed by atoms with Crippen molar-refractivity contribution >= 4 is 0 Å². The Morgan fingerprint density at radius 3 is 1.39 bits per heavy atom. The van der Waals surface area contributed by atoms with E-state index in [1.807, 2.05) is 0 Å². The Bertz CT molecular complexity index is 1050. The zero-order valence-corrected chi connectivity index (χ0v) is 16.5. The summed E-state index contributed by atoms with van der Waals surface area (Å²) in [6, 6.07) is 31.8. The molecule has 4 rings (SSSR count). The highest BCUT2D eigenvalue weighted by molar-refractivity contribution is 5.87. The van der Waals surface area contributed by atoms with Crippen LogP contribution in [0.1, 0.15) is 25.0 Å². The Kier molecular flexibility index (Phi) is 5.34. The van der Waals surface area contributed by atoms with Gasteiger partial charge < -0.3 is 0 Å². The van der Waals surface area contributed by atoms with Crippen LogP contribution in [0, 0.1) is 0 Å². The largest absolute Gasteiger partial charge is 0.247 e. The molecular weight excluding hydrogens is 338 g/mol. The third kappa shape index (κ3) is 3.36. The Balaban J connectivity index is 2.10. The Labute approximate surface area is 167 Å². The van der Waals surface area contributed by atoms with Crippen LogP contribution in [0.5, 0.6) is 0 Å². The molecular formula is C27H25N. The lowest BCUT2D eigenvalue weighted by Crippen LogP contribution is -2.05. The fourth-order valence-corrected chi connectivity index (χ4v) is 4.00. The van der Waals surface area contributed by atoms with Gasteiger partial charge >= 0.3 is 0 Å². The van der Waals surface area contributed by atoms with Gasteiger partial charge in [-0.3, -0.25) is 0 Å². The smallest absolute Gasteiger partial charge is 0.0790 e. The first-order valence-electron chi connectivity index (χ1n) is 10.1. The van der Waals surface area contributed by atoms with Gasteiger partial charge in [-0.25, -0.2) is 4.98 Å². The van der Waals surface area contributed by atoms with Crippen molar-refractivity contribution < 1.29 is 0 Å². The standard InChI is InChI=1S/C27H25N/c1-3-23-24(4-2)26(21-16-10-6-11-17-21)28-27(22-18-12-7-13-19-22)25(23)20-14-8-5-9-15-20/h5-19H,3-4H2,1-2H3. The van der Waals surface area contributed by atoms with Crippen molar-refractivity contribution in [2.24, 2.45) is 0 Å². The summed E-state index contributed by atoms with van der Waals surface area (Å²) in [5.74, 6) is 0. The van der Waals surface area contributed by atoms with Gasteiger partial charge in [-0.05, 0) is 29.5 Å². The van der Waals surface area contributed by atoms with Crippen molar-refractivity contribution in [2.75, 3.05) is 0 Å². The molecule has 0 fully saturated rings. The van der Waals surface area contributed by atoms with E-state index >= 15 is 0 Å². The molecule has 0 spiro atoms. The highest BCUT2D eigenvalue weighted by Crippen LogP contribution is 2.39. The van der Waals surface area contributed by atoms with Crippen molar-refractivity contribution in [1.82, 2.24) is 4.98 Å². The highest BCUT2D eigenvalue weighted by atomic mass is 14.7. The summed E-state index contributed by atoms with van der Waals surface area (Å²) >= 11 is 0. The number of rotatable bonds is 5. The molecule has 0 saturated heterocycles. The lowest BCUT2D eigenvalue weighted by atomic mass is 9.87. The van der Waals surface area contributed by atoms with E-state index in [1.54, 1.807) is 0 Å². The van der Waals surface area contributed by atoms with E-state index < -0.39 is 0 Å². The SMILES string of the molecule is CCc1c(-c2ccccc2)nc(-c2ccccc2)c(-c2ccccc2)c1CC. The van der Waals surface area contributed by atoms with Crippen LogP contribution in [0.4, 0.5) is 0 Å². The van der Waals surface area contributed by atoms with Crippen LogP contribution in [0.15, 0.2) is 91.0 Å². The fourth-order valence-electron chi connectivity index (χ4n) is 4.00. The highest BCUT2D eigenvalue weighted by Gasteiger charge is 2.20. The Morgan fingerprint density at radius 1 is 0.500 bits per heavy atom. The van der Waals surface area contributed by atoms with Crippen LogP contribution in [-0.4, -0.2) is 4.98 Å². The first kappa shape index (κ1) is 18.2. The van der Waals surface area contributed by atoms with Gasteiger partial charge in [0.2, 0.25) is 0 Å². The molecule has 0 amide bonds. The monoisotopic (exact) mass is 363 g/mol. The minimum Gasteiger partial charge on any atom is -0.247 e. The third-order valence-electron chi connectivity index (χ3n) is 5.28. The number of pyridine rings is 1. The summed E-state index contributed by atoms with van der Waals surface area (Å²) < 4.78 is 0. The average Bonchev–Trinajstić information content (AvgIpc) is 2.79. The van der Waals surface area contributed by atoms with Gasteiger partial charge in [-0.15, -0.1) is 0 Å². The summed E-state index contributed by atoms with van der Waals surface area (Å²) in [5, 5.41) is 0. The van der Waals surface area contributed by atoms with Crippen LogP contribution in [0.3, 0.4) is 0 Å². The quantitative estimate of drug-likeness (QED) is 0.365. The van der Waals surface area contributed by atoms with E-state index in [0.29, 0.717) is 0 Å². The lowest BCUT2D eigenvalue weighted by Gasteiger charge is -2.21.